The molecule has 4 heteroatoms. The van der Waals surface area contributed by atoms with Gasteiger partial charge in [0.15, 0.2) is 0 Å². The summed E-state index contributed by atoms with van der Waals surface area (Å²) in [7, 11) is 0. The minimum Gasteiger partial charge on any atom is -0.299 e. The van der Waals surface area contributed by atoms with Crippen molar-refractivity contribution in [3.8, 4) is 22.4 Å². The number of pyridine rings is 1. The first kappa shape index (κ1) is 10.9. The van der Waals surface area contributed by atoms with Gasteiger partial charge in [-0.05, 0) is 17.7 Å². The number of aromatic amines is 2. The van der Waals surface area contributed by atoms with Crippen molar-refractivity contribution < 1.29 is 0 Å². The normalized spacial score (nSPS) is 10.4. The quantitative estimate of drug-likeness (QED) is 0.682. The van der Waals surface area contributed by atoms with E-state index in [-0.39, 0.29) is 0 Å². The van der Waals surface area contributed by atoms with Crippen LogP contribution in [0.15, 0.2) is 54.9 Å². The van der Waals surface area contributed by atoms with E-state index < -0.39 is 0 Å². The highest BCUT2D eigenvalue weighted by atomic mass is 32.1. The predicted molar refractivity (Wildman–Crippen MR) is 74.6 cm³/mol. The van der Waals surface area contributed by atoms with Crippen LogP contribution in [-0.2, 0) is 0 Å². The highest BCUT2D eigenvalue weighted by molar-refractivity contribution is 7.71. The second kappa shape index (κ2) is 4.58. The fraction of sp³-hybridized carbons (Fsp3) is 0. The van der Waals surface area contributed by atoms with Gasteiger partial charge >= 0.3 is 0 Å². The van der Waals surface area contributed by atoms with Crippen LogP contribution in [-0.4, -0.2) is 15.2 Å². The number of hydrogen-bond acceptors (Lipinski definition) is 2. The van der Waals surface area contributed by atoms with Crippen molar-refractivity contribution in [3.63, 3.8) is 0 Å². The topological polar surface area (TPSA) is 44.5 Å². The maximum atomic E-state index is 5.35. The Bertz CT molecular complexity index is 699. The van der Waals surface area contributed by atoms with Crippen molar-refractivity contribution in [2.24, 2.45) is 0 Å². The highest BCUT2D eigenvalue weighted by Gasteiger charge is 2.10. The van der Waals surface area contributed by atoms with E-state index in [1.165, 1.54) is 0 Å². The van der Waals surface area contributed by atoms with Gasteiger partial charge in [0.2, 0.25) is 0 Å². The molecule has 0 saturated carbocycles. The van der Waals surface area contributed by atoms with E-state index in [2.05, 4.69) is 27.3 Å². The van der Waals surface area contributed by atoms with Gasteiger partial charge in [0.05, 0.1) is 5.69 Å². The van der Waals surface area contributed by atoms with Gasteiger partial charge in [-0.25, -0.2) is 0 Å². The Morgan fingerprint density at radius 1 is 0.833 bits per heavy atom. The summed E-state index contributed by atoms with van der Waals surface area (Å²) in [4.78, 5) is 4.03. The molecule has 0 aliphatic rings. The van der Waals surface area contributed by atoms with Crippen LogP contribution in [0.3, 0.4) is 0 Å². The van der Waals surface area contributed by atoms with E-state index in [4.69, 9.17) is 12.2 Å². The predicted octanol–water partition coefficient (Wildman–Crippen LogP) is 3.80. The largest absolute Gasteiger partial charge is 0.299 e. The average molecular weight is 253 g/mol. The molecule has 0 amide bonds. The molecule has 18 heavy (non-hydrogen) atoms. The van der Waals surface area contributed by atoms with Gasteiger partial charge in [-0.1, -0.05) is 42.5 Å². The van der Waals surface area contributed by atoms with E-state index in [0.717, 1.165) is 22.4 Å². The molecule has 88 valence electrons. The SMILES string of the molecule is S=c1[nH][nH]c(-c2ccccc2)c1-c1ccncc1. The van der Waals surface area contributed by atoms with Crippen LogP contribution in [0.4, 0.5) is 0 Å². The molecule has 0 fully saturated rings. The molecule has 0 radical (unpaired) electrons. The summed E-state index contributed by atoms with van der Waals surface area (Å²) >= 11 is 5.35. The number of nitrogens with zero attached hydrogens (tertiary/aromatic N) is 1. The third-order valence-corrected chi connectivity index (χ3v) is 3.12. The maximum Gasteiger partial charge on any atom is 0.127 e. The molecule has 0 atom stereocenters. The van der Waals surface area contributed by atoms with Crippen LogP contribution in [0, 0.1) is 4.64 Å². The molecule has 1 aromatic carbocycles. The molecular formula is C14H11N3S. The first-order chi connectivity index (χ1) is 8.86. The molecule has 3 nitrogen and oxygen atoms in total. The number of hydrogen-bond donors (Lipinski definition) is 2. The molecule has 2 N–H and O–H groups in total. The number of nitrogens with one attached hydrogen (secondary N) is 2. The Morgan fingerprint density at radius 3 is 2.28 bits per heavy atom. The van der Waals surface area contributed by atoms with Gasteiger partial charge < -0.3 is 0 Å². The molecule has 3 aromatic rings. The lowest BCUT2D eigenvalue weighted by Crippen LogP contribution is -1.83. The molecular weight excluding hydrogens is 242 g/mol. The average Bonchev–Trinajstić information content (AvgIpc) is 2.83. The monoisotopic (exact) mass is 253 g/mol. The Balaban J connectivity index is 2.23. The first-order valence-electron chi connectivity index (χ1n) is 5.63. The molecule has 0 spiro atoms. The molecule has 0 saturated heterocycles. The second-order valence-electron chi connectivity index (χ2n) is 3.93. The summed E-state index contributed by atoms with van der Waals surface area (Å²) in [5.41, 5.74) is 4.19. The molecule has 3 rings (SSSR count). The van der Waals surface area contributed by atoms with Crippen molar-refractivity contribution in [1.29, 1.82) is 0 Å². The van der Waals surface area contributed by atoms with Gasteiger partial charge in [-0.3, -0.25) is 15.2 Å². The fourth-order valence-electron chi connectivity index (χ4n) is 1.97. The van der Waals surface area contributed by atoms with Gasteiger partial charge in [-0.15, -0.1) is 0 Å². The van der Waals surface area contributed by atoms with Crippen LogP contribution >= 0.6 is 12.2 Å². The van der Waals surface area contributed by atoms with Gasteiger partial charge in [0.1, 0.15) is 4.64 Å². The smallest absolute Gasteiger partial charge is 0.127 e. The maximum absolute atomic E-state index is 5.35. The number of benzene rings is 1. The fourth-order valence-corrected chi connectivity index (χ4v) is 2.24. The lowest BCUT2D eigenvalue weighted by molar-refractivity contribution is 1.08. The van der Waals surface area contributed by atoms with Crippen molar-refractivity contribution >= 4 is 12.2 Å². The number of aromatic nitrogens is 3. The summed E-state index contributed by atoms with van der Waals surface area (Å²) < 4.78 is 0.708. The van der Waals surface area contributed by atoms with Gasteiger partial charge in [0, 0.05) is 23.5 Å². The zero-order valence-corrected chi connectivity index (χ0v) is 10.4. The molecule has 0 aliphatic carbocycles. The molecule has 0 unspecified atom stereocenters. The van der Waals surface area contributed by atoms with Crippen molar-refractivity contribution in [2.45, 2.75) is 0 Å². The third kappa shape index (κ3) is 1.87. The summed E-state index contributed by atoms with van der Waals surface area (Å²) in [5, 5.41) is 6.14. The van der Waals surface area contributed by atoms with Crippen molar-refractivity contribution in [2.75, 3.05) is 0 Å². The zero-order valence-electron chi connectivity index (χ0n) is 9.55. The van der Waals surface area contributed by atoms with Gasteiger partial charge in [0.25, 0.3) is 0 Å². The van der Waals surface area contributed by atoms with Crippen LogP contribution < -0.4 is 0 Å². The Morgan fingerprint density at radius 2 is 1.56 bits per heavy atom. The number of H-pyrrole nitrogens is 2. The Hall–Kier alpha value is -2.20. The highest BCUT2D eigenvalue weighted by Crippen LogP contribution is 2.30. The van der Waals surface area contributed by atoms with E-state index in [1.807, 2.05) is 30.3 Å². The van der Waals surface area contributed by atoms with Crippen LogP contribution in [0.2, 0.25) is 0 Å². The van der Waals surface area contributed by atoms with Crippen LogP contribution in [0.5, 0.6) is 0 Å². The second-order valence-corrected chi connectivity index (χ2v) is 4.34. The number of rotatable bonds is 2. The lowest BCUT2D eigenvalue weighted by Gasteiger charge is -2.03. The Kier molecular flexibility index (Phi) is 2.78. The molecule has 2 heterocycles. The van der Waals surface area contributed by atoms with E-state index in [0.29, 0.717) is 4.64 Å². The standard InChI is InChI=1S/C14H11N3S/c18-14-12(10-6-8-15-9-7-10)13(16-17-14)11-4-2-1-3-5-11/h1-9H,(H2,16,17,18). The zero-order chi connectivity index (χ0) is 12.4. The van der Waals surface area contributed by atoms with Crippen molar-refractivity contribution in [3.05, 3.63) is 59.5 Å². The van der Waals surface area contributed by atoms with E-state index in [1.54, 1.807) is 12.4 Å². The third-order valence-electron chi connectivity index (χ3n) is 2.81. The Labute approximate surface area is 110 Å². The van der Waals surface area contributed by atoms with Crippen molar-refractivity contribution in [1.82, 2.24) is 15.2 Å². The minimum absolute atomic E-state index is 0.708. The first-order valence-corrected chi connectivity index (χ1v) is 6.03. The summed E-state index contributed by atoms with van der Waals surface area (Å²) in [6.45, 7) is 0. The summed E-state index contributed by atoms with van der Waals surface area (Å²) in [6.07, 6.45) is 3.54. The van der Waals surface area contributed by atoms with E-state index in [9.17, 15) is 0 Å². The molecule has 0 bridgehead atoms. The van der Waals surface area contributed by atoms with Crippen LogP contribution in [0.1, 0.15) is 0 Å². The summed E-state index contributed by atoms with van der Waals surface area (Å²) in [5.74, 6) is 0. The molecule has 2 aromatic heterocycles. The lowest BCUT2D eigenvalue weighted by atomic mass is 10.0. The molecule has 0 aliphatic heterocycles. The van der Waals surface area contributed by atoms with Gasteiger partial charge in [-0.2, -0.15) is 0 Å². The minimum atomic E-state index is 0.708. The summed E-state index contributed by atoms with van der Waals surface area (Å²) in [6, 6.07) is 14.0. The van der Waals surface area contributed by atoms with Crippen LogP contribution in [0.25, 0.3) is 22.4 Å². The van der Waals surface area contributed by atoms with E-state index >= 15 is 0 Å².